The minimum absolute atomic E-state index is 0.0148. The SMILES string of the molecule is N=C(N)c1ccc2nc(-c3oc(-c4nc5ccc(C(=N)N)cc5[nH]4)c4c3C3C=CC4CC3)[nH]c2c1. The molecule has 0 radical (unpaired) electrons. The summed E-state index contributed by atoms with van der Waals surface area (Å²) in [6.07, 6.45) is 6.68. The molecule has 2 atom stereocenters. The van der Waals surface area contributed by atoms with E-state index in [-0.39, 0.29) is 23.5 Å². The highest BCUT2D eigenvalue weighted by Crippen LogP contribution is 2.53. The Morgan fingerprint density at radius 2 is 1.23 bits per heavy atom. The summed E-state index contributed by atoms with van der Waals surface area (Å²) in [6, 6.07) is 11.0. The molecule has 0 fully saturated rings. The second-order valence-corrected chi connectivity index (χ2v) is 9.22. The van der Waals surface area contributed by atoms with Crippen LogP contribution in [0.2, 0.25) is 0 Å². The molecule has 2 unspecified atom stereocenters. The van der Waals surface area contributed by atoms with Crippen LogP contribution in [0.5, 0.6) is 0 Å². The molecule has 9 heteroatoms. The molecule has 0 amide bonds. The summed E-state index contributed by atoms with van der Waals surface area (Å²) in [7, 11) is 0. The summed E-state index contributed by atoms with van der Waals surface area (Å²) in [5.74, 6) is 3.30. The zero-order valence-corrected chi connectivity index (χ0v) is 18.6. The van der Waals surface area contributed by atoms with Crippen LogP contribution in [0.1, 0.15) is 46.9 Å². The maximum Gasteiger partial charge on any atom is 0.174 e. The van der Waals surface area contributed by atoms with Gasteiger partial charge in [-0.2, -0.15) is 0 Å². The Labute approximate surface area is 199 Å². The van der Waals surface area contributed by atoms with Gasteiger partial charge in [0, 0.05) is 34.1 Å². The molecule has 8 N–H and O–H groups in total. The number of nitrogen functional groups attached to an aromatic ring is 2. The molecule has 0 aliphatic heterocycles. The first-order valence-electron chi connectivity index (χ1n) is 11.5. The van der Waals surface area contributed by atoms with Crippen molar-refractivity contribution in [1.29, 1.82) is 10.8 Å². The number of hydrogen-bond donors (Lipinski definition) is 6. The number of aromatic amines is 2. The van der Waals surface area contributed by atoms with Crippen molar-refractivity contribution in [3.63, 3.8) is 0 Å². The third kappa shape index (κ3) is 2.87. The van der Waals surface area contributed by atoms with Crippen LogP contribution in [0.25, 0.3) is 45.2 Å². The highest BCUT2D eigenvalue weighted by atomic mass is 16.3. The molecule has 3 aromatic heterocycles. The van der Waals surface area contributed by atoms with Gasteiger partial charge < -0.3 is 25.9 Å². The second-order valence-electron chi connectivity index (χ2n) is 9.22. The monoisotopic (exact) mass is 462 g/mol. The standard InChI is InChI=1S/C26H22N8O/c27-23(28)13-5-7-15-17(9-13)33-25(31-15)21-19-11-1-2-12(4-3-11)20(19)22(35-21)26-32-16-8-6-14(24(29)30)10-18(16)34-26/h1-2,5-12H,3-4H2,(H3,27,28)(H3,29,30)(H,31,33)(H,32,34). The number of rotatable bonds is 4. The third-order valence-corrected chi connectivity index (χ3v) is 7.11. The van der Waals surface area contributed by atoms with Crippen molar-refractivity contribution in [3.05, 3.63) is 70.8 Å². The van der Waals surface area contributed by atoms with Crippen LogP contribution < -0.4 is 11.5 Å². The Morgan fingerprint density at radius 3 is 1.63 bits per heavy atom. The summed E-state index contributed by atoms with van der Waals surface area (Å²) < 4.78 is 6.57. The number of aromatic nitrogens is 4. The fraction of sp³-hybridized carbons (Fsp3) is 0.154. The molecule has 3 aliphatic carbocycles. The third-order valence-electron chi connectivity index (χ3n) is 7.11. The first-order valence-corrected chi connectivity index (χ1v) is 11.5. The van der Waals surface area contributed by atoms with Gasteiger partial charge in [-0.1, -0.05) is 12.2 Å². The number of benzene rings is 2. The Kier molecular flexibility index (Phi) is 3.91. The quantitative estimate of drug-likeness (QED) is 0.131. The minimum Gasteiger partial charge on any atom is -0.449 e. The fourth-order valence-electron chi connectivity index (χ4n) is 5.42. The number of nitrogens with two attached hydrogens (primary N) is 2. The predicted octanol–water partition coefficient (Wildman–Crippen LogP) is 4.47. The molecule has 172 valence electrons. The van der Waals surface area contributed by atoms with E-state index in [4.69, 9.17) is 36.7 Å². The van der Waals surface area contributed by atoms with E-state index in [2.05, 4.69) is 22.1 Å². The molecule has 8 rings (SSSR count). The van der Waals surface area contributed by atoms with Gasteiger partial charge in [0.25, 0.3) is 0 Å². The van der Waals surface area contributed by atoms with Gasteiger partial charge >= 0.3 is 0 Å². The lowest BCUT2D eigenvalue weighted by Gasteiger charge is -2.31. The number of fused-ring (bicyclic) bond motifs is 3. The summed E-state index contributed by atoms with van der Waals surface area (Å²) in [4.78, 5) is 16.4. The van der Waals surface area contributed by atoms with Gasteiger partial charge in [0.05, 0.1) is 22.1 Å². The second kappa shape index (κ2) is 6.92. The van der Waals surface area contributed by atoms with Gasteiger partial charge in [-0.25, -0.2) is 9.97 Å². The van der Waals surface area contributed by atoms with Crippen LogP contribution in [0, 0.1) is 10.8 Å². The van der Waals surface area contributed by atoms with Crippen LogP contribution in [0.15, 0.2) is 53.0 Å². The van der Waals surface area contributed by atoms with E-state index < -0.39 is 0 Å². The maximum absolute atomic E-state index is 7.73. The Bertz CT molecular complexity index is 1610. The van der Waals surface area contributed by atoms with Gasteiger partial charge in [-0.15, -0.1) is 0 Å². The number of allylic oxidation sites excluding steroid dienone is 2. The molecule has 9 nitrogen and oxygen atoms in total. The normalized spacial score (nSPS) is 18.4. The van der Waals surface area contributed by atoms with E-state index in [1.807, 2.05) is 24.3 Å². The van der Waals surface area contributed by atoms with Crippen LogP contribution in [-0.4, -0.2) is 31.6 Å². The lowest BCUT2D eigenvalue weighted by Crippen LogP contribution is -2.16. The van der Waals surface area contributed by atoms with Gasteiger partial charge in [-0.3, -0.25) is 10.8 Å². The molecule has 5 aromatic rings. The van der Waals surface area contributed by atoms with E-state index in [1.165, 1.54) is 0 Å². The average molecular weight is 463 g/mol. The molecule has 0 saturated carbocycles. The number of hydrogen-bond acceptors (Lipinski definition) is 5. The molecule has 2 bridgehead atoms. The Hall–Kier alpha value is -4.66. The predicted molar refractivity (Wildman–Crippen MR) is 135 cm³/mol. The van der Waals surface area contributed by atoms with Crippen molar-refractivity contribution in [2.24, 2.45) is 11.5 Å². The van der Waals surface area contributed by atoms with Crippen molar-refractivity contribution in [1.82, 2.24) is 19.9 Å². The molecule has 0 saturated heterocycles. The topological polar surface area (TPSA) is 170 Å². The molecular weight excluding hydrogens is 440 g/mol. The average Bonchev–Trinajstić information content (AvgIpc) is 3.58. The van der Waals surface area contributed by atoms with E-state index in [9.17, 15) is 0 Å². The molecule has 3 heterocycles. The minimum atomic E-state index is 0.0148. The number of H-pyrrole nitrogens is 2. The maximum atomic E-state index is 7.73. The summed E-state index contributed by atoms with van der Waals surface area (Å²) >= 11 is 0. The van der Waals surface area contributed by atoms with E-state index in [0.717, 1.165) is 57.6 Å². The zero-order chi connectivity index (χ0) is 23.8. The van der Waals surface area contributed by atoms with Crippen LogP contribution in [0.3, 0.4) is 0 Å². The van der Waals surface area contributed by atoms with Crippen molar-refractivity contribution in [2.45, 2.75) is 24.7 Å². The Balaban J connectivity index is 1.42. The smallest absolute Gasteiger partial charge is 0.174 e. The van der Waals surface area contributed by atoms with Gasteiger partial charge in [-0.05, 0) is 49.2 Å². The van der Waals surface area contributed by atoms with Crippen molar-refractivity contribution >= 4 is 33.7 Å². The van der Waals surface area contributed by atoms with Crippen LogP contribution in [0.4, 0.5) is 0 Å². The Morgan fingerprint density at radius 1 is 0.771 bits per heavy atom. The lowest BCUT2D eigenvalue weighted by molar-refractivity contribution is 0.558. The zero-order valence-electron chi connectivity index (χ0n) is 18.6. The highest BCUT2D eigenvalue weighted by Gasteiger charge is 2.38. The number of furan rings is 1. The first kappa shape index (κ1) is 19.8. The fourth-order valence-corrected chi connectivity index (χ4v) is 5.42. The van der Waals surface area contributed by atoms with Crippen molar-refractivity contribution < 1.29 is 4.42 Å². The van der Waals surface area contributed by atoms with Gasteiger partial charge in [0.15, 0.2) is 23.2 Å². The molecular formula is C26H22N8O. The van der Waals surface area contributed by atoms with Gasteiger partial charge in [0.1, 0.15) is 11.7 Å². The van der Waals surface area contributed by atoms with Gasteiger partial charge in [0.2, 0.25) is 0 Å². The van der Waals surface area contributed by atoms with E-state index >= 15 is 0 Å². The van der Waals surface area contributed by atoms with Crippen molar-refractivity contribution in [2.75, 3.05) is 0 Å². The summed E-state index contributed by atoms with van der Waals surface area (Å²) in [6.45, 7) is 0. The molecule has 0 spiro atoms. The number of amidine groups is 2. The molecule has 2 aromatic carbocycles. The summed E-state index contributed by atoms with van der Waals surface area (Å²) in [5, 5.41) is 15.5. The molecule has 3 aliphatic rings. The van der Waals surface area contributed by atoms with Crippen LogP contribution >= 0.6 is 0 Å². The number of nitrogens with zero attached hydrogens (tertiary/aromatic N) is 2. The van der Waals surface area contributed by atoms with Crippen molar-refractivity contribution in [3.8, 4) is 23.2 Å². The number of nitrogens with one attached hydrogen (secondary N) is 4. The number of imidazole rings is 2. The van der Waals surface area contributed by atoms with E-state index in [1.54, 1.807) is 12.1 Å². The lowest BCUT2D eigenvalue weighted by atomic mass is 9.71. The van der Waals surface area contributed by atoms with Crippen LogP contribution in [-0.2, 0) is 0 Å². The summed E-state index contributed by atoms with van der Waals surface area (Å²) in [5.41, 5.74) is 18.1. The largest absolute Gasteiger partial charge is 0.449 e. The first-order chi connectivity index (χ1) is 17.0. The van der Waals surface area contributed by atoms with E-state index in [0.29, 0.717) is 22.8 Å². The molecule has 35 heavy (non-hydrogen) atoms. The highest BCUT2D eigenvalue weighted by molar-refractivity contribution is 5.99.